The van der Waals surface area contributed by atoms with Crippen molar-refractivity contribution < 1.29 is 9.90 Å². The summed E-state index contributed by atoms with van der Waals surface area (Å²) in [5, 5.41) is 9.70. The molecule has 0 saturated carbocycles. The Morgan fingerprint density at radius 3 is 1.87 bits per heavy atom. The summed E-state index contributed by atoms with van der Waals surface area (Å²) in [6, 6.07) is 12.3. The molecule has 2 aromatic carbocycles. The number of hydrogen-bond donors (Lipinski definition) is 1. The quantitative estimate of drug-likeness (QED) is 0.829. The van der Waals surface area contributed by atoms with E-state index in [2.05, 4.69) is 46.8 Å². The molecule has 0 bridgehead atoms. The summed E-state index contributed by atoms with van der Waals surface area (Å²) in [6.45, 7) is 10.5. The van der Waals surface area contributed by atoms with Gasteiger partial charge >= 0.3 is 5.97 Å². The fourth-order valence-electron chi connectivity index (χ4n) is 3.20. The molecule has 1 atom stereocenters. The van der Waals surface area contributed by atoms with E-state index in [0.29, 0.717) is 12.3 Å². The molecule has 0 aliphatic rings. The van der Waals surface area contributed by atoms with Gasteiger partial charge in [0.1, 0.15) is 0 Å². The van der Waals surface area contributed by atoms with E-state index < -0.39 is 11.9 Å². The lowest BCUT2D eigenvalue weighted by molar-refractivity contribution is -0.138. The highest BCUT2D eigenvalue weighted by Gasteiger charge is 2.22. The minimum Gasteiger partial charge on any atom is -0.481 e. The number of rotatable bonds is 5. The number of carboxylic acid groups (broad SMARTS) is 1. The second kappa shape index (κ2) is 6.99. The van der Waals surface area contributed by atoms with E-state index in [4.69, 9.17) is 0 Å². The van der Waals surface area contributed by atoms with Gasteiger partial charge in [-0.3, -0.25) is 4.79 Å². The first-order valence-electron chi connectivity index (χ1n) is 8.19. The van der Waals surface area contributed by atoms with E-state index in [9.17, 15) is 9.90 Å². The Hall–Kier alpha value is -2.09. The van der Waals surface area contributed by atoms with Crippen LogP contribution in [0.4, 0.5) is 0 Å². The predicted octanol–water partition coefficient (Wildman–Crippen LogP) is 5.15. The van der Waals surface area contributed by atoms with E-state index in [0.717, 1.165) is 11.1 Å². The summed E-state index contributed by atoms with van der Waals surface area (Å²) in [7, 11) is 0. The van der Waals surface area contributed by atoms with Gasteiger partial charge in [-0.05, 0) is 60.9 Å². The van der Waals surface area contributed by atoms with Crippen molar-refractivity contribution in [3.63, 3.8) is 0 Å². The molecule has 2 nitrogen and oxygen atoms in total. The zero-order chi connectivity index (χ0) is 17.1. The molecule has 2 heteroatoms. The standard InChI is InChI=1S/C21H26O2/c1-13(2)17-6-8-18(9-7-17)20(21(22)23)12-19-15(4)10-14(3)11-16(19)5/h6-11,13,20H,12H2,1-5H3,(H,22,23). The molecule has 2 rings (SSSR count). The van der Waals surface area contributed by atoms with Crippen molar-refractivity contribution in [3.05, 3.63) is 69.8 Å². The second-order valence-electron chi connectivity index (χ2n) is 6.79. The van der Waals surface area contributed by atoms with Crippen LogP contribution in [0, 0.1) is 20.8 Å². The van der Waals surface area contributed by atoms with Gasteiger partial charge in [0.2, 0.25) is 0 Å². The molecule has 1 unspecified atom stereocenters. The van der Waals surface area contributed by atoms with Gasteiger partial charge in [0, 0.05) is 0 Å². The van der Waals surface area contributed by atoms with Crippen molar-refractivity contribution in [1.82, 2.24) is 0 Å². The van der Waals surface area contributed by atoms with Crippen LogP contribution in [0.15, 0.2) is 36.4 Å². The fraction of sp³-hybridized carbons (Fsp3) is 0.381. The number of aliphatic carboxylic acids is 1. The summed E-state index contributed by atoms with van der Waals surface area (Å²) in [5.74, 6) is -0.813. The molecule has 2 aromatic rings. The maximum Gasteiger partial charge on any atom is 0.311 e. The molecule has 0 heterocycles. The normalized spacial score (nSPS) is 12.4. The summed E-state index contributed by atoms with van der Waals surface area (Å²) in [5.41, 5.74) is 6.83. The zero-order valence-electron chi connectivity index (χ0n) is 14.7. The summed E-state index contributed by atoms with van der Waals surface area (Å²) < 4.78 is 0. The maximum absolute atomic E-state index is 11.8. The van der Waals surface area contributed by atoms with E-state index in [1.54, 1.807) is 0 Å². The number of carboxylic acids is 1. The van der Waals surface area contributed by atoms with Gasteiger partial charge in [-0.15, -0.1) is 0 Å². The lowest BCUT2D eigenvalue weighted by Gasteiger charge is -2.18. The van der Waals surface area contributed by atoms with Crippen molar-refractivity contribution in [2.45, 2.75) is 52.9 Å². The van der Waals surface area contributed by atoms with Crippen molar-refractivity contribution in [2.75, 3.05) is 0 Å². The Balaban J connectivity index is 2.35. The van der Waals surface area contributed by atoms with Crippen LogP contribution in [0.3, 0.4) is 0 Å². The lowest BCUT2D eigenvalue weighted by Crippen LogP contribution is -2.16. The van der Waals surface area contributed by atoms with E-state index >= 15 is 0 Å². The van der Waals surface area contributed by atoms with Gasteiger partial charge in [0.15, 0.2) is 0 Å². The van der Waals surface area contributed by atoms with Crippen molar-refractivity contribution in [1.29, 1.82) is 0 Å². The fourth-order valence-corrected chi connectivity index (χ4v) is 3.20. The highest BCUT2D eigenvalue weighted by atomic mass is 16.4. The zero-order valence-corrected chi connectivity index (χ0v) is 14.7. The Labute approximate surface area is 139 Å². The minimum atomic E-state index is -0.762. The van der Waals surface area contributed by atoms with Gasteiger partial charge in [0.05, 0.1) is 5.92 Å². The van der Waals surface area contributed by atoms with Crippen LogP contribution in [-0.2, 0) is 11.2 Å². The number of hydrogen-bond acceptors (Lipinski definition) is 1. The van der Waals surface area contributed by atoms with Gasteiger partial charge in [-0.25, -0.2) is 0 Å². The Morgan fingerprint density at radius 2 is 1.43 bits per heavy atom. The third kappa shape index (κ3) is 4.01. The van der Waals surface area contributed by atoms with Gasteiger partial charge < -0.3 is 5.11 Å². The van der Waals surface area contributed by atoms with Crippen molar-refractivity contribution in [3.8, 4) is 0 Å². The van der Waals surface area contributed by atoms with Crippen LogP contribution in [0.1, 0.15) is 59.1 Å². The molecule has 1 N–H and O–H groups in total. The first kappa shape index (κ1) is 17.3. The van der Waals surface area contributed by atoms with Gasteiger partial charge in [-0.2, -0.15) is 0 Å². The molecule has 0 aromatic heterocycles. The maximum atomic E-state index is 11.8. The monoisotopic (exact) mass is 310 g/mol. The molecule has 0 aliphatic carbocycles. The molecule has 0 spiro atoms. The smallest absolute Gasteiger partial charge is 0.311 e. The Morgan fingerprint density at radius 1 is 0.957 bits per heavy atom. The Bertz CT molecular complexity index is 673. The summed E-state index contributed by atoms with van der Waals surface area (Å²) in [4.78, 5) is 11.8. The first-order chi connectivity index (χ1) is 10.8. The van der Waals surface area contributed by atoms with Crippen LogP contribution in [0.2, 0.25) is 0 Å². The Kier molecular flexibility index (Phi) is 5.25. The minimum absolute atomic E-state index is 0.453. The first-order valence-corrected chi connectivity index (χ1v) is 8.19. The second-order valence-corrected chi connectivity index (χ2v) is 6.79. The third-order valence-electron chi connectivity index (χ3n) is 4.55. The molecule has 23 heavy (non-hydrogen) atoms. The van der Waals surface area contributed by atoms with Crippen LogP contribution in [0.5, 0.6) is 0 Å². The molecular weight excluding hydrogens is 284 g/mol. The van der Waals surface area contributed by atoms with Crippen LogP contribution in [0.25, 0.3) is 0 Å². The number of carbonyl (C=O) groups is 1. The molecule has 0 radical (unpaired) electrons. The molecule has 0 aliphatic heterocycles. The average molecular weight is 310 g/mol. The average Bonchev–Trinajstić information content (AvgIpc) is 2.46. The third-order valence-corrected chi connectivity index (χ3v) is 4.55. The van der Waals surface area contributed by atoms with Crippen LogP contribution >= 0.6 is 0 Å². The lowest BCUT2D eigenvalue weighted by atomic mass is 9.86. The highest BCUT2D eigenvalue weighted by molar-refractivity contribution is 5.76. The molecule has 0 saturated heterocycles. The molecule has 122 valence electrons. The topological polar surface area (TPSA) is 37.3 Å². The van der Waals surface area contributed by atoms with Crippen LogP contribution in [-0.4, -0.2) is 11.1 Å². The van der Waals surface area contributed by atoms with E-state index in [1.807, 2.05) is 24.3 Å². The summed E-state index contributed by atoms with van der Waals surface area (Å²) in [6.07, 6.45) is 0.536. The van der Waals surface area contributed by atoms with E-state index in [-0.39, 0.29) is 0 Å². The predicted molar refractivity (Wildman–Crippen MR) is 95.3 cm³/mol. The SMILES string of the molecule is Cc1cc(C)c(CC(C(=O)O)c2ccc(C(C)C)cc2)c(C)c1. The van der Waals surface area contributed by atoms with Crippen molar-refractivity contribution >= 4 is 5.97 Å². The summed E-state index contributed by atoms with van der Waals surface area (Å²) >= 11 is 0. The van der Waals surface area contributed by atoms with E-state index in [1.165, 1.54) is 22.3 Å². The van der Waals surface area contributed by atoms with Gasteiger partial charge in [0.25, 0.3) is 0 Å². The largest absolute Gasteiger partial charge is 0.481 e. The highest BCUT2D eigenvalue weighted by Crippen LogP contribution is 2.27. The molecular formula is C21H26O2. The van der Waals surface area contributed by atoms with Crippen LogP contribution < -0.4 is 0 Å². The van der Waals surface area contributed by atoms with Gasteiger partial charge in [-0.1, -0.05) is 55.8 Å². The molecule has 0 fully saturated rings. The molecule has 0 amide bonds. The van der Waals surface area contributed by atoms with Crippen molar-refractivity contribution in [2.24, 2.45) is 0 Å². The number of benzene rings is 2. The number of aryl methyl sites for hydroxylation is 3.